The number of hydrogen-bond donors (Lipinski definition) is 2. The number of fused-ring (bicyclic) bond motifs is 1. The predicted molar refractivity (Wildman–Crippen MR) is 90.4 cm³/mol. The van der Waals surface area contributed by atoms with Crippen LogP contribution in [0.25, 0.3) is 0 Å². The summed E-state index contributed by atoms with van der Waals surface area (Å²) in [5.74, 6) is 1.90. The molecule has 1 heterocycles. The molecule has 1 saturated carbocycles. The van der Waals surface area contributed by atoms with Gasteiger partial charge in [0.2, 0.25) is 0 Å². The molecule has 0 bridgehead atoms. The molecule has 4 heteroatoms. The molecule has 2 aliphatic rings. The standard InChI is InChI=1S/C18H25ClN2O/c1-13-10-16(19)6-7-17(13)20-18(22)12-21-9-8-14-4-2-3-5-15(14)11-21/h6-7,10,14-15H,2-5,8-9,11-12H2,1H3,(H,20,22)/p+1/t14-,15+/m0/s1. The van der Waals surface area contributed by atoms with E-state index in [9.17, 15) is 4.79 Å². The van der Waals surface area contributed by atoms with E-state index in [0.717, 1.165) is 29.6 Å². The van der Waals surface area contributed by atoms with Crippen molar-refractivity contribution in [2.45, 2.75) is 39.0 Å². The number of piperidine rings is 1. The summed E-state index contributed by atoms with van der Waals surface area (Å²) in [5.41, 5.74) is 1.89. The number of benzene rings is 1. The minimum atomic E-state index is 0.120. The van der Waals surface area contributed by atoms with Crippen LogP contribution in [0.5, 0.6) is 0 Å². The highest BCUT2D eigenvalue weighted by molar-refractivity contribution is 6.30. The van der Waals surface area contributed by atoms with Crippen LogP contribution in [0.15, 0.2) is 18.2 Å². The number of amides is 1. The van der Waals surface area contributed by atoms with Gasteiger partial charge in [0.15, 0.2) is 6.54 Å². The molecule has 1 aromatic rings. The Bertz CT molecular complexity index is 546. The van der Waals surface area contributed by atoms with Gasteiger partial charge in [-0.15, -0.1) is 0 Å². The molecule has 2 N–H and O–H groups in total. The second-order valence-electron chi connectivity index (χ2n) is 6.98. The highest BCUT2D eigenvalue weighted by Crippen LogP contribution is 2.32. The fourth-order valence-electron chi connectivity index (χ4n) is 4.14. The number of anilines is 1. The van der Waals surface area contributed by atoms with E-state index >= 15 is 0 Å². The number of nitrogens with one attached hydrogen (secondary N) is 2. The molecule has 0 radical (unpaired) electrons. The molecule has 1 unspecified atom stereocenters. The third kappa shape index (κ3) is 3.82. The van der Waals surface area contributed by atoms with Gasteiger partial charge in [-0.25, -0.2) is 0 Å². The number of hydrogen-bond acceptors (Lipinski definition) is 1. The molecule has 3 atom stereocenters. The average Bonchev–Trinajstić information content (AvgIpc) is 2.50. The van der Waals surface area contributed by atoms with E-state index in [4.69, 9.17) is 11.6 Å². The molecule has 1 aromatic carbocycles. The van der Waals surface area contributed by atoms with Crippen LogP contribution in [-0.2, 0) is 4.79 Å². The summed E-state index contributed by atoms with van der Waals surface area (Å²) in [6, 6.07) is 5.60. The third-order valence-corrected chi connectivity index (χ3v) is 5.59. The van der Waals surface area contributed by atoms with Crippen molar-refractivity contribution >= 4 is 23.2 Å². The van der Waals surface area contributed by atoms with E-state index in [1.54, 1.807) is 0 Å². The van der Waals surface area contributed by atoms with Crippen LogP contribution in [0, 0.1) is 18.8 Å². The van der Waals surface area contributed by atoms with Gasteiger partial charge < -0.3 is 10.2 Å². The van der Waals surface area contributed by atoms with Crippen molar-refractivity contribution in [3.63, 3.8) is 0 Å². The minimum absolute atomic E-state index is 0.120. The first-order valence-electron chi connectivity index (χ1n) is 8.51. The Labute approximate surface area is 138 Å². The zero-order valence-electron chi connectivity index (χ0n) is 13.3. The van der Waals surface area contributed by atoms with Gasteiger partial charge in [0.1, 0.15) is 0 Å². The van der Waals surface area contributed by atoms with Crippen LogP contribution in [0.3, 0.4) is 0 Å². The van der Waals surface area contributed by atoms with Crippen LogP contribution in [0.2, 0.25) is 5.02 Å². The van der Waals surface area contributed by atoms with E-state index in [2.05, 4.69) is 5.32 Å². The van der Waals surface area contributed by atoms with E-state index < -0.39 is 0 Å². The average molecular weight is 322 g/mol. The van der Waals surface area contributed by atoms with Gasteiger partial charge in [-0.2, -0.15) is 0 Å². The van der Waals surface area contributed by atoms with Gasteiger partial charge in [-0.3, -0.25) is 4.79 Å². The first-order valence-corrected chi connectivity index (χ1v) is 8.89. The summed E-state index contributed by atoms with van der Waals surface area (Å²) in [5, 5.41) is 3.75. The molecule has 22 heavy (non-hydrogen) atoms. The van der Waals surface area contributed by atoms with Crippen LogP contribution < -0.4 is 10.2 Å². The number of aryl methyl sites for hydroxylation is 1. The largest absolute Gasteiger partial charge is 0.327 e. The van der Waals surface area contributed by atoms with E-state index in [1.807, 2.05) is 25.1 Å². The summed E-state index contributed by atoms with van der Waals surface area (Å²) in [6.45, 7) is 4.89. The maximum Gasteiger partial charge on any atom is 0.279 e. The predicted octanol–water partition coefficient (Wildman–Crippen LogP) is 2.68. The lowest BCUT2D eigenvalue weighted by Crippen LogP contribution is -3.15. The van der Waals surface area contributed by atoms with E-state index in [1.165, 1.54) is 43.5 Å². The third-order valence-electron chi connectivity index (χ3n) is 5.36. The number of halogens is 1. The van der Waals surface area contributed by atoms with Crippen molar-refractivity contribution in [2.24, 2.45) is 11.8 Å². The maximum atomic E-state index is 12.3. The normalized spacial score (nSPS) is 28.0. The van der Waals surface area contributed by atoms with Crippen molar-refractivity contribution in [3.8, 4) is 0 Å². The molecule has 0 spiro atoms. The lowest BCUT2D eigenvalue weighted by Gasteiger charge is -2.38. The van der Waals surface area contributed by atoms with E-state index in [-0.39, 0.29) is 5.91 Å². The molecular formula is C18H26ClN2O+. The minimum Gasteiger partial charge on any atom is -0.327 e. The summed E-state index contributed by atoms with van der Waals surface area (Å²) in [7, 11) is 0. The molecule has 2 fully saturated rings. The summed E-state index contributed by atoms with van der Waals surface area (Å²) < 4.78 is 0. The first-order chi connectivity index (χ1) is 10.6. The lowest BCUT2D eigenvalue weighted by molar-refractivity contribution is -0.902. The second kappa shape index (κ2) is 7.01. The highest BCUT2D eigenvalue weighted by atomic mass is 35.5. The Morgan fingerprint density at radius 2 is 2.05 bits per heavy atom. The van der Waals surface area contributed by atoms with Crippen LogP contribution in [0.4, 0.5) is 5.69 Å². The molecule has 120 valence electrons. The fraction of sp³-hybridized carbons (Fsp3) is 0.611. The second-order valence-corrected chi connectivity index (χ2v) is 7.42. The van der Waals surface area contributed by atoms with E-state index in [0.29, 0.717) is 11.6 Å². The van der Waals surface area contributed by atoms with Gasteiger partial charge in [0, 0.05) is 16.6 Å². The van der Waals surface area contributed by atoms with Crippen molar-refractivity contribution in [1.82, 2.24) is 0 Å². The van der Waals surface area contributed by atoms with Crippen molar-refractivity contribution < 1.29 is 9.69 Å². The molecule has 1 aliphatic carbocycles. The Morgan fingerprint density at radius 3 is 2.82 bits per heavy atom. The summed E-state index contributed by atoms with van der Waals surface area (Å²) in [4.78, 5) is 13.8. The van der Waals surface area contributed by atoms with Gasteiger partial charge in [-0.1, -0.05) is 24.4 Å². The zero-order valence-corrected chi connectivity index (χ0v) is 14.1. The number of rotatable bonds is 3. The number of likely N-dealkylation sites (tertiary alicyclic amines) is 1. The molecule has 3 rings (SSSR count). The Hall–Kier alpha value is -1.06. The zero-order chi connectivity index (χ0) is 15.5. The van der Waals surface area contributed by atoms with Gasteiger partial charge in [-0.05, 0) is 55.9 Å². The topological polar surface area (TPSA) is 33.5 Å². The van der Waals surface area contributed by atoms with Gasteiger partial charge in [0.05, 0.1) is 13.1 Å². The van der Waals surface area contributed by atoms with Crippen molar-refractivity contribution in [1.29, 1.82) is 0 Å². The molecule has 1 saturated heterocycles. The SMILES string of the molecule is Cc1cc(Cl)ccc1NC(=O)C[NH+]1CC[C@@H]2CCCC[C@@H]2C1. The van der Waals surface area contributed by atoms with Crippen LogP contribution in [0.1, 0.15) is 37.7 Å². The monoisotopic (exact) mass is 321 g/mol. The number of carbonyl (C=O) groups excluding carboxylic acids is 1. The molecule has 0 aromatic heterocycles. The van der Waals surface area contributed by atoms with Gasteiger partial charge >= 0.3 is 0 Å². The maximum absolute atomic E-state index is 12.3. The first kappa shape index (κ1) is 15.8. The lowest BCUT2D eigenvalue weighted by atomic mass is 9.75. The quantitative estimate of drug-likeness (QED) is 0.881. The summed E-state index contributed by atoms with van der Waals surface area (Å²) >= 11 is 5.96. The van der Waals surface area contributed by atoms with Crippen LogP contribution in [-0.4, -0.2) is 25.5 Å². The van der Waals surface area contributed by atoms with Gasteiger partial charge in [0.25, 0.3) is 5.91 Å². The van der Waals surface area contributed by atoms with Crippen LogP contribution >= 0.6 is 11.6 Å². The Kier molecular flexibility index (Phi) is 5.04. The van der Waals surface area contributed by atoms with Crippen molar-refractivity contribution in [3.05, 3.63) is 28.8 Å². The highest BCUT2D eigenvalue weighted by Gasteiger charge is 2.34. The smallest absolute Gasteiger partial charge is 0.279 e. The summed E-state index contributed by atoms with van der Waals surface area (Å²) in [6.07, 6.45) is 6.87. The number of carbonyl (C=O) groups is 1. The molecular weight excluding hydrogens is 296 g/mol. The van der Waals surface area contributed by atoms with Crippen molar-refractivity contribution in [2.75, 3.05) is 25.0 Å². The fourth-order valence-corrected chi connectivity index (χ4v) is 4.37. The Morgan fingerprint density at radius 1 is 1.27 bits per heavy atom. The number of quaternary nitrogens is 1. The Balaban J connectivity index is 1.53. The molecule has 1 aliphatic heterocycles. The molecule has 3 nitrogen and oxygen atoms in total. The molecule has 1 amide bonds.